The van der Waals surface area contributed by atoms with Crippen LogP contribution in [-0.2, 0) is 14.3 Å². The van der Waals surface area contributed by atoms with Crippen LogP contribution >= 0.6 is 0 Å². The van der Waals surface area contributed by atoms with Crippen LogP contribution < -0.4 is 29.6 Å². The maximum atomic E-state index is 11.9. The second kappa shape index (κ2) is 15.4. The van der Waals surface area contributed by atoms with Gasteiger partial charge in [-0.2, -0.15) is 8.42 Å². The molecule has 0 saturated heterocycles. The van der Waals surface area contributed by atoms with E-state index in [1.54, 1.807) is 30.3 Å². The fraction of sp³-hybridized carbons (Fsp3) is 0.684. The molecule has 5 heteroatoms. The van der Waals surface area contributed by atoms with Crippen LogP contribution in [0.5, 0.6) is 0 Å². The van der Waals surface area contributed by atoms with Crippen LogP contribution in [0.1, 0.15) is 79.0 Å². The number of benzene rings is 1. The second-order valence-corrected chi connectivity index (χ2v) is 7.74. The predicted molar refractivity (Wildman–Crippen MR) is 97.2 cm³/mol. The fourth-order valence-corrected chi connectivity index (χ4v) is 3.55. The molecule has 0 N–H and O–H groups in total. The molecule has 0 aromatic heterocycles. The van der Waals surface area contributed by atoms with Gasteiger partial charge in [0.1, 0.15) is 0 Å². The summed E-state index contributed by atoms with van der Waals surface area (Å²) in [6.45, 7) is 2.53. The van der Waals surface area contributed by atoms with Gasteiger partial charge < -0.3 is 1.43 Å². The summed E-state index contributed by atoms with van der Waals surface area (Å²) in [4.78, 5) is 0.239. The average molecular weight is 365 g/mol. The van der Waals surface area contributed by atoms with Crippen molar-refractivity contribution in [3.63, 3.8) is 0 Å². The molecule has 0 fully saturated rings. The quantitative estimate of drug-likeness (QED) is 0.290. The van der Waals surface area contributed by atoms with E-state index in [-0.39, 0.29) is 42.5 Å². The van der Waals surface area contributed by atoms with Gasteiger partial charge in [0.2, 0.25) is 0 Å². The van der Waals surface area contributed by atoms with Crippen molar-refractivity contribution in [2.24, 2.45) is 0 Å². The summed E-state index contributed by atoms with van der Waals surface area (Å²) in [5, 5.41) is 0. The Morgan fingerprint density at radius 1 is 0.792 bits per heavy atom. The minimum Gasteiger partial charge on any atom is -1.00 e. The van der Waals surface area contributed by atoms with Crippen molar-refractivity contribution in [3.8, 4) is 0 Å². The maximum Gasteiger partial charge on any atom is 1.00 e. The van der Waals surface area contributed by atoms with Crippen LogP contribution in [0.15, 0.2) is 35.2 Å². The van der Waals surface area contributed by atoms with Crippen molar-refractivity contribution in [1.82, 2.24) is 0 Å². The summed E-state index contributed by atoms with van der Waals surface area (Å²) in [6.07, 6.45) is 13.7. The third-order valence-electron chi connectivity index (χ3n) is 4.02. The van der Waals surface area contributed by atoms with Crippen molar-refractivity contribution in [1.29, 1.82) is 0 Å². The molecule has 3 nitrogen and oxygen atoms in total. The normalized spacial score (nSPS) is 11.2. The zero-order valence-corrected chi connectivity index (χ0v) is 18.3. The monoisotopic (exact) mass is 364 g/mol. The minimum atomic E-state index is -3.57. The third kappa shape index (κ3) is 11.6. The molecule has 1 aromatic rings. The molecule has 0 unspecified atom stereocenters. The molecule has 1 rings (SSSR count). The van der Waals surface area contributed by atoms with Crippen LogP contribution in [0.4, 0.5) is 0 Å². The first-order chi connectivity index (χ1) is 11.2. The first-order valence-corrected chi connectivity index (χ1v) is 10.5. The number of unbranched alkanes of at least 4 members (excludes halogenated alkanes) is 10. The molecule has 134 valence electrons. The third-order valence-corrected chi connectivity index (χ3v) is 5.34. The fourth-order valence-electron chi connectivity index (χ4n) is 2.59. The number of hydrogen-bond donors (Lipinski definition) is 0. The van der Waals surface area contributed by atoms with Gasteiger partial charge in [0.05, 0.1) is 11.5 Å². The molecule has 0 bridgehead atoms. The van der Waals surface area contributed by atoms with Gasteiger partial charge in [0.25, 0.3) is 10.1 Å². The minimum absolute atomic E-state index is 0. The van der Waals surface area contributed by atoms with Crippen molar-refractivity contribution < 1.29 is 43.6 Å². The summed E-state index contributed by atoms with van der Waals surface area (Å²) in [5.41, 5.74) is 0. The zero-order valence-electron chi connectivity index (χ0n) is 16.5. The first-order valence-electron chi connectivity index (χ1n) is 9.11. The van der Waals surface area contributed by atoms with Crippen LogP contribution in [0.2, 0.25) is 0 Å². The molecule has 0 atom stereocenters. The van der Waals surface area contributed by atoms with Gasteiger partial charge in [-0.1, -0.05) is 89.3 Å². The molecule has 0 saturated carbocycles. The Kier molecular flexibility index (Phi) is 15.5. The molecule has 0 amide bonds. The van der Waals surface area contributed by atoms with Gasteiger partial charge in [-0.3, -0.25) is 4.18 Å². The van der Waals surface area contributed by atoms with Crippen LogP contribution in [-0.4, -0.2) is 15.0 Å². The van der Waals surface area contributed by atoms with E-state index >= 15 is 0 Å². The molecule has 1 aromatic carbocycles. The van der Waals surface area contributed by atoms with E-state index < -0.39 is 10.1 Å². The largest absolute Gasteiger partial charge is 1.00 e. The van der Waals surface area contributed by atoms with Gasteiger partial charge in [-0.05, 0) is 18.6 Å². The van der Waals surface area contributed by atoms with Crippen LogP contribution in [0.3, 0.4) is 0 Å². The van der Waals surface area contributed by atoms with E-state index in [0.29, 0.717) is 0 Å². The summed E-state index contributed by atoms with van der Waals surface area (Å²) in [7, 11) is -3.57. The van der Waals surface area contributed by atoms with Crippen molar-refractivity contribution in [2.75, 3.05) is 6.61 Å². The SMILES string of the molecule is CCCCCCCCCCCCCOS(=O)(=O)c1ccccc1.[H-].[Na+]. The second-order valence-electron chi connectivity index (χ2n) is 6.12. The summed E-state index contributed by atoms with van der Waals surface area (Å²) < 4.78 is 28.9. The molecule has 0 spiro atoms. The Hall–Kier alpha value is 0.130. The smallest absolute Gasteiger partial charge is 1.00 e. The molecule has 0 aliphatic rings. The van der Waals surface area contributed by atoms with Gasteiger partial charge in [-0.25, -0.2) is 0 Å². The Labute approximate surface area is 172 Å². The first kappa shape index (κ1) is 24.1. The molecule has 0 aliphatic carbocycles. The average Bonchev–Trinajstić information content (AvgIpc) is 2.56. The maximum absolute atomic E-state index is 11.9. The van der Waals surface area contributed by atoms with Gasteiger partial charge >= 0.3 is 29.6 Å². The number of hydrogen-bond acceptors (Lipinski definition) is 3. The van der Waals surface area contributed by atoms with Crippen LogP contribution in [0, 0.1) is 0 Å². The van der Waals surface area contributed by atoms with Crippen molar-refractivity contribution >= 4 is 10.1 Å². The molecule has 24 heavy (non-hydrogen) atoms. The summed E-state index contributed by atoms with van der Waals surface area (Å²) in [6, 6.07) is 8.34. The zero-order chi connectivity index (χ0) is 16.8. The molecule has 0 aliphatic heterocycles. The summed E-state index contributed by atoms with van der Waals surface area (Å²) >= 11 is 0. The Morgan fingerprint density at radius 2 is 1.25 bits per heavy atom. The molecular formula is C19H33NaO3S. The van der Waals surface area contributed by atoms with Gasteiger partial charge in [0.15, 0.2) is 0 Å². The Morgan fingerprint density at radius 3 is 1.75 bits per heavy atom. The topological polar surface area (TPSA) is 43.4 Å². The Balaban J connectivity index is 0. The van der Waals surface area contributed by atoms with Crippen molar-refractivity contribution in [3.05, 3.63) is 30.3 Å². The summed E-state index contributed by atoms with van der Waals surface area (Å²) in [5.74, 6) is 0. The van der Waals surface area contributed by atoms with Gasteiger partial charge in [-0.15, -0.1) is 0 Å². The molecule has 0 radical (unpaired) electrons. The van der Waals surface area contributed by atoms with E-state index in [0.717, 1.165) is 12.8 Å². The van der Waals surface area contributed by atoms with E-state index in [4.69, 9.17) is 4.18 Å². The van der Waals surface area contributed by atoms with E-state index in [1.165, 1.54) is 57.8 Å². The molecular weight excluding hydrogens is 331 g/mol. The van der Waals surface area contributed by atoms with Crippen LogP contribution in [0.25, 0.3) is 0 Å². The standard InChI is InChI=1S/C19H32O3S.Na.H/c1-2-3-4-5-6-7-8-9-10-11-15-18-22-23(20,21)19-16-13-12-14-17-19;;/h12-14,16-17H,2-11,15,18H2,1H3;;/q;+1;-1. The van der Waals surface area contributed by atoms with Gasteiger partial charge in [0, 0.05) is 0 Å². The van der Waals surface area contributed by atoms with E-state index in [9.17, 15) is 8.42 Å². The van der Waals surface area contributed by atoms with E-state index in [1.807, 2.05) is 0 Å². The molecule has 0 heterocycles. The Bertz CT molecular complexity index is 495. The van der Waals surface area contributed by atoms with Crippen molar-refractivity contribution in [2.45, 2.75) is 82.4 Å². The predicted octanol–water partition coefficient (Wildman–Crippen LogP) is 2.82. The number of rotatable bonds is 14. The van der Waals surface area contributed by atoms with E-state index in [2.05, 4.69) is 6.92 Å².